The van der Waals surface area contributed by atoms with Gasteiger partial charge in [0.2, 0.25) is 5.91 Å². The second kappa shape index (κ2) is 10.4. The number of benzene rings is 2. The molecule has 0 bridgehead atoms. The number of hydrogen-bond acceptors (Lipinski definition) is 7. The molecule has 0 unspecified atom stereocenters. The van der Waals surface area contributed by atoms with Crippen molar-refractivity contribution in [2.45, 2.75) is 38.6 Å². The molecule has 0 aliphatic carbocycles. The monoisotopic (exact) mass is 454 g/mol. The lowest BCUT2D eigenvalue weighted by Crippen LogP contribution is -2.17. The molecule has 0 saturated heterocycles. The third-order valence-corrected chi connectivity index (χ3v) is 5.93. The average molecular weight is 455 g/mol. The number of nitrogens with zero attached hydrogens (tertiary/aromatic N) is 3. The number of hydrogen-bond donors (Lipinski definition) is 1. The van der Waals surface area contributed by atoms with Crippen LogP contribution < -0.4 is 19.5 Å². The van der Waals surface area contributed by atoms with Crippen molar-refractivity contribution < 1.29 is 19.0 Å². The Hall–Kier alpha value is -3.20. The summed E-state index contributed by atoms with van der Waals surface area (Å²) in [5, 5.41) is 12.1. The molecule has 0 radical (unpaired) electrons. The van der Waals surface area contributed by atoms with E-state index in [0.717, 1.165) is 18.0 Å². The second-order valence-corrected chi connectivity index (χ2v) is 8.07. The Labute approximate surface area is 191 Å². The summed E-state index contributed by atoms with van der Waals surface area (Å²) in [5.41, 5.74) is 1.93. The number of carbonyl (C=O) groups excluding carboxylic acids is 1. The van der Waals surface area contributed by atoms with Crippen molar-refractivity contribution in [2.24, 2.45) is 0 Å². The van der Waals surface area contributed by atoms with E-state index in [2.05, 4.69) is 34.6 Å². The van der Waals surface area contributed by atoms with Crippen molar-refractivity contribution >= 4 is 23.4 Å². The van der Waals surface area contributed by atoms with Crippen molar-refractivity contribution in [3.63, 3.8) is 0 Å². The SMILES string of the molecule is CCc1ccc(OCc2nnc(SCC(=O)Nc3ccc4c(c3)OCCO4)n2CC)cc1. The van der Waals surface area contributed by atoms with Gasteiger partial charge in [0, 0.05) is 18.3 Å². The van der Waals surface area contributed by atoms with Crippen molar-refractivity contribution in [1.29, 1.82) is 0 Å². The van der Waals surface area contributed by atoms with E-state index in [-0.39, 0.29) is 11.7 Å². The molecule has 0 saturated carbocycles. The standard InChI is InChI=1S/C23H26N4O4S/c1-3-16-5-8-18(9-6-16)31-14-21-25-26-23(27(21)4-2)32-15-22(28)24-17-7-10-19-20(13-17)30-12-11-29-19/h5-10,13H,3-4,11-12,14-15H2,1-2H3,(H,24,28). The Morgan fingerprint density at radius 1 is 1.09 bits per heavy atom. The van der Waals surface area contributed by atoms with Crippen molar-refractivity contribution in [1.82, 2.24) is 14.8 Å². The average Bonchev–Trinajstić information content (AvgIpc) is 3.23. The number of anilines is 1. The Kier molecular flexibility index (Phi) is 7.16. The van der Waals surface area contributed by atoms with Gasteiger partial charge in [0.1, 0.15) is 25.6 Å². The van der Waals surface area contributed by atoms with E-state index >= 15 is 0 Å². The third kappa shape index (κ3) is 5.34. The van der Waals surface area contributed by atoms with E-state index in [1.165, 1.54) is 17.3 Å². The highest BCUT2D eigenvalue weighted by Crippen LogP contribution is 2.32. The molecular weight excluding hydrogens is 428 g/mol. The molecule has 1 amide bonds. The summed E-state index contributed by atoms with van der Waals surface area (Å²) in [5.74, 6) is 2.93. The summed E-state index contributed by atoms with van der Waals surface area (Å²) in [4.78, 5) is 12.4. The van der Waals surface area contributed by atoms with E-state index in [4.69, 9.17) is 14.2 Å². The van der Waals surface area contributed by atoms with Gasteiger partial charge in [-0.15, -0.1) is 10.2 Å². The molecule has 9 heteroatoms. The Morgan fingerprint density at radius 3 is 2.62 bits per heavy atom. The van der Waals surface area contributed by atoms with Crippen LogP contribution in [-0.2, 0) is 24.4 Å². The highest BCUT2D eigenvalue weighted by molar-refractivity contribution is 7.99. The largest absolute Gasteiger partial charge is 0.486 e. The molecule has 168 valence electrons. The van der Waals surface area contributed by atoms with Crippen LogP contribution in [0.1, 0.15) is 25.2 Å². The molecule has 1 aliphatic rings. The quantitative estimate of drug-likeness (QED) is 0.490. The van der Waals surface area contributed by atoms with E-state index < -0.39 is 0 Å². The molecule has 32 heavy (non-hydrogen) atoms. The number of fused-ring (bicyclic) bond motifs is 1. The molecule has 0 atom stereocenters. The Morgan fingerprint density at radius 2 is 1.88 bits per heavy atom. The molecule has 1 aliphatic heterocycles. The summed E-state index contributed by atoms with van der Waals surface area (Å²) in [6.07, 6.45) is 0.993. The number of aromatic nitrogens is 3. The third-order valence-electron chi connectivity index (χ3n) is 4.97. The molecule has 2 heterocycles. The topological polar surface area (TPSA) is 87.5 Å². The fourth-order valence-corrected chi connectivity index (χ4v) is 4.09. The number of rotatable bonds is 9. The minimum atomic E-state index is -0.133. The number of aryl methyl sites for hydroxylation is 1. The second-order valence-electron chi connectivity index (χ2n) is 7.12. The Balaban J connectivity index is 1.32. The van der Waals surface area contributed by atoms with Gasteiger partial charge in [0.15, 0.2) is 22.5 Å². The van der Waals surface area contributed by atoms with Gasteiger partial charge in [-0.2, -0.15) is 0 Å². The molecule has 0 spiro atoms. The number of amides is 1. The molecule has 3 aromatic rings. The highest BCUT2D eigenvalue weighted by Gasteiger charge is 2.16. The van der Waals surface area contributed by atoms with Gasteiger partial charge in [-0.25, -0.2) is 0 Å². The summed E-state index contributed by atoms with van der Waals surface area (Å²) in [6.45, 7) is 6.18. The predicted octanol–water partition coefficient (Wildman–Crippen LogP) is 3.94. The summed E-state index contributed by atoms with van der Waals surface area (Å²) >= 11 is 1.34. The van der Waals surface area contributed by atoms with E-state index in [9.17, 15) is 4.79 Å². The molecule has 4 rings (SSSR count). The van der Waals surface area contributed by atoms with Crippen LogP contribution in [0, 0.1) is 0 Å². The van der Waals surface area contributed by atoms with Gasteiger partial charge in [-0.3, -0.25) is 4.79 Å². The zero-order valence-electron chi connectivity index (χ0n) is 18.2. The summed E-state index contributed by atoms with van der Waals surface area (Å²) in [7, 11) is 0. The van der Waals surface area contributed by atoms with Crippen LogP contribution in [0.25, 0.3) is 0 Å². The first-order valence-corrected chi connectivity index (χ1v) is 11.6. The maximum atomic E-state index is 12.4. The van der Waals surface area contributed by atoms with E-state index in [1.54, 1.807) is 18.2 Å². The zero-order valence-corrected chi connectivity index (χ0v) is 19.0. The first-order chi connectivity index (χ1) is 15.7. The van der Waals surface area contributed by atoms with E-state index in [1.807, 2.05) is 23.6 Å². The van der Waals surface area contributed by atoms with Crippen molar-refractivity contribution in [3.05, 3.63) is 53.9 Å². The molecule has 1 N–H and O–H groups in total. The summed E-state index contributed by atoms with van der Waals surface area (Å²) in [6, 6.07) is 13.4. The normalized spacial score (nSPS) is 12.4. The zero-order chi connectivity index (χ0) is 22.3. The van der Waals surface area contributed by atoms with Crippen molar-refractivity contribution in [3.8, 4) is 17.2 Å². The minimum absolute atomic E-state index is 0.133. The van der Waals surface area contributed by atoms with Crippen molar-refractivity contribution in [2.75, 3.05) is 24.3 Å². The predicted molar refractivity (Wildman–Crippen MR) is 123 cm³/mol. The Bertz CT molecular complexity index is 1070. The molecule has 0 fully saturated rings. The van der Waals surface area contributed by atoms with E-state index in [0.29, 0.717) is 48.7 Å². The smallest absolute Gasteiger partial charge is 0.234 e. The first-order valence-electron chi connectivity index (χ1n) is 10.6. The van der Waals surface area contributed by atoms with Crippen LogP contribution in [0.4, 0.5) is 5.69 Å². The fraction of sp³-hybridized carbons (Fsp3) is 0.348. The summed E-state index contributed by atoms with van der Waals surface area (Å²) < 4.78 is 18.9. The van der Waals surface area contributed by atoms with Crippen LogP contribution in [0.3, 0.4) is 0 Å². The van der Waals surface area contributed by atoms with Crippen LogP contribution >= 0.6 is 11.8 Å². The number of nitrogens with one attached hydrogen (secondary N) is 1. The highest BCUT2D eigenvalue weighted by atomic mass is 32.2. The van der Waals surface area contributed by atoms with Crippen LogP contribution in [-0.4, -0.2) is 39.6 Å². The van der Waals surface area contributed by atoms with Gasteiger partial charge in [-0.05, 0) is 43.2 Å². The lowest BCUT2D eigenvalue weighted by Gasteiger charge is -2.19. The molecule has 8 nitrogen and oxygen atoms in total. The molecule has 2 aromatic carbocycles. The van der Waals surface area contributed by atoms with Gasteiger partial charge >= 0.3 is 0 Å². The van der Waals surface area contributed by atoms with Crippen LogP contribution in [0.15, 0.2) is 47.6 Å². The fourth-order valence-electron chi connectivity index (χ4n) is 3.27. The maximum absolute atomic E-state index is 12.4. The maximum Gasteiger partial charge on any atom is 0.234 e. The van der Waals surface area contributed by atoms with Gasteiger partial charge in [-0.1, -0.05) is 30.8 Å². The lowest BCUT2D eigenvalue weighted by atomic mass is 10.2. The van der Waals surface area contributed by atoms with Gasteiger partial charge in [0.05, 0.1) is 5.75 Å². The number of thioether (sulfide) groups is 1. The molecule has 1 aromatic heterocycles. The van der Waals surface area contributed by atoms with Gasteiger partial charge < -0.3 is 24.1 Å². The number of ether oxygens (including phenoxy) is 3. The van der Waals surface area contributed by atoms with Gasteiger partial charge in [0.25, 0.3) is 0 Å². The lowest BCUT2D eigenvalue weighted by molar-refractivity contribution is -0.113. The molecular formula is C23H26N4O4S. The van der Waals surface area contributed by atoms with Crippen LogP contribution in [0.5, 0.6) is 17.2 Å². The van der Waals surface area contributed by atoms with Crippen LogP contribution in [0.2, 0.25) is 0 Å². The number of carbonyl (C=O) groups is 1. The first kappa shape index (κ1) is 22.0. The minimum Gasteiger partial charge on any atom is -0.486 e.